The molecule has 19 heavy (non-hydrogen) atoms. The maximum absolute atomic E-state index is 5.56. The van der Waals surface area contributed by atoms with Crippen molar-refractivity contribution in [3.05, 3.63) is 42.4 Å². The van der Waals surface area contributed by atoms with Gasteiger partial charge in [0.05, 0.1) is 6.26 Å². The van der Waals surface area contributed by atoms with E-state index in [1.807, 2.05) is 36.1 Å². The number of nitrogens with one attached hydrogen (secondary N) is 1. The van der Waals surface area contributed by atoms with E-state index < -0.39 is 0 Å². The first-order valence-corrected chi connectivity index (χ1v) is 7.00. The molecule has 0 bridgehead atoms. The van der Waals surface area contributed by atoms with E-state index in [9.17, 15) is 0 Å². The van der Waals surface area contributed by atoms with E-state index in [-0.39, 0.29) is 6.04 Å². The molecule has 0 radical (unpaired) electrons. The molecule has 0 spiro atoms. The summed E-state index contributed by atoms with van der Waals surface area (Å²) in [5.41, 5.74) is 0. The molecule has 4 heteroatoms. The molecule has 0 fully saturated rings. The van der Waals surface area contributed by atoms with Crippen LogP contribution in [0.1, 0.15) is 44.3 Å². The van der Waals surface area contributed by atoms with Crippen LogP contribution in [0.5, 0.6) is 0 Å². The quantitative estimate of drug-likeness (QED) is 0.832. The normalized spacial score (nSPS) is 13.1. The van der Waals surface area contributed by atoms with Gasteiger partial charge in [0.1, 0.15) is 17.6 Å². The number of rotatable bonds is 7. The third-order valence-electron chi connectivity index (χ3n) is 3.71. The summed E-state index contributed by atoms with van der Waals surface area (Å²) in [7, 11) is 2.01. The maximum Gasteiger partial charge on any atom is 0.133 e. The minimum Gasteiger partial charge on any atom is -0.467 e. The van der Waals surface area contributed by atoms with Crippen molar-refractivity contribution in [1.82, 2.24) is 14.9 Å². The van der Waals surface area contributed by atoms with Gasteiger partial charge < -0.3 is 14.3 Å². The van der Waals surface area contributed by atoms with E-state index in [1.54, 1.807) is 6.26 Å². The minimum atomic E-state index is 0.0237. The predicted molar refractivity (Wildman–Crippen MR) is 75.8 cm³/mol. The van der Waals surface area contributed by atoms with Crippen LogP contribution in [0.25, 0.3) is 0 Å². The molecule has 0 aliphatic heterocycles. The van der Waals surface area contributed by atoms with E-state index in [2.05, 4.69) is 24.1 Å². The van der Waals surface area contributed by atoms with Crippen molar-refractivity contribution in [1.29, 1.82) is 0 Å². The molecule has 2 rings (SSSR count). The van der Waals surface area contributed by atoms with Crippen molar-refractivity contribution in [3.8, 4) is 0 Å². The van der Waals surface area contributed by atoms with Crippen LogP contribution >= 0.6 is 0 Å². The molecular formula is C15H23N3O. The topological polar surface area (TPSA) is 43.0 Å². The second-order valence-electron chi connectivity index (χ2n) is 4.94. The van der Waals surface area contributed by atoms with Crippen LogP contribution in [0.2, 0.25) is 0 Å². The molecule has 0 aromatic carbocycles. The number of hydrogen-bond donors (Lipinski definition) is 1. The fraction of sp³-hybridized carbons (Fsp3) is 0.533. The summed E-state index contributed by atoms with van der Waals surface area (Å²) in [5, 5.41) is 3.59. The second-order valence-corrected chi connectivity index (χ2v) is 4.94. The molecule has 2 aromatic rings. The van der Waals surface area contributed by atoms with Gasteiger partial charge in [0.2, 0.25) is 0 Å². The van der Waals surface area contributed by atoms with Crippen molar-refractivity contribution >= 4 is 0 Å². The van der Waals surface area contributed by atoms with E-state index in [1.165, 1.54) is 12.8 Å². The number of furan rings is 1. The predicted octanol–water partition coefficient (Wildman–Crippen LogP) is 3.13. The van der Waals surface area contributed by atoms with E-state index >= 15 is 0 Å². The molecule has 4 nitrogen and oxygen atoms in total. The Morgan fingerprint density at radius 1 is 1.37 bits per heavy atom. The minimum absolute atomic E-state index is 0.0237. The van der Waals surface area contributed by atoms with E-state index in [0.717, 1.165) is 18.1 Å². The van der Waals surface area contributed by atoms with Gasteiger partial charge in [0, 0.05) is 19.4 Å². The van der Waals surface area contributed by atoms with Crippen molar-refractivity contribution in [3.63, 3.8) is 0 Å². The number of aromatic nitrogens is 2. The highest BCUT2D eigenvalue weighted by atomic mass is 16.3. The van der Waals surface area contributed by atoms with Crippen LogP contribution in [-0.4, -0.2) is 16.1 Å². The summed E-state index contributed by atoms with van der Waals surface area (Å²) in [5.74, 6) is 2.60. The molecule has 1 N–H and O–H groups in total. The van der Waals surface area contributed by atoms with Crippen LogP contribution < -0.4 is 5.32 Å². The molecular weight excluding hydrogens is 238 g/mol. The number of imidazole rings is 1. The van der Waals surface area contributed by atoms with Gasteiger partial charge in [-0.2, -0.15) is 0 Å². The van der Waals surface area contributed by atoms with Gasteiger partial charge >= 0.3 is 0 Å². The van der Waals surface area contributed by atoms with Crippen LogP contribution in [-0.2, 0) is 7.05 Å². The standard InChI is InChI=1S/C15H23N3O/c1-4-12(5-2)11-17-14(13-7-6-10-19-13)15-16-8-9-18(15)3/h6-10,12,14,17H,4-5,11H2,1-3H3. The molecule has 0 aliphatic rings. The zero-order chi connectivity index (χ0) is 13.7. The third kappa shape index (κ3) is 3.26. The van der Waals surface area contributed by atoms with Crippen LogP contribution in [0.3, 0.4) is 0 Å². The van der Waals surface area contributed by atoms with Crippen molar-refractivity contribution in [2.24, 2.45) is 13.0 Å². The lowest BCUT2D eigenvalue weighted by Crippen LogP contribution is -2.29. The average molecular weight is 261 g/mol. The Labute approximate surface area is 114 Å². The first-order valence-electron chi connectivity index (χ1n) is 7.00. The van der Waals surface area contributed by atoms with Crippen molar-refractivity contribution < 1.29 is 4.42 Å². The highest BCUT2D eigenvalue weighted by Crippen LogP contribution is 2.21. The number of aryl methyl sites for hydroxylation is 1. The summed E-state index contributed by atoms with van der Waals surface area (Å²) >= 11 is 0. The maximum atomic E-state index is 5.56. The summed E-state index contributed by atoms with van der Waals surface area (Å²) in [6.45, 7) is 5.45. The molecule has 2 aromatic heterocycles. The van der Waals surface area contributed by atoms with Gasteiger partial charge in [0.25, 0.3) is 0 Å². The van der Waals surface area contributed by atoms with Crippen LogP contribution in [0.4, 0.5) is 0 Å². The zero-order valence-electron chi connectivity index (χ0n) is 12.0. The van der Waals surface area contributed by atoms with Gasteiger partial charge in [0.15, 0.2) is 0 Å². The lowest BCUT2D eigenvalue weighted by atomic mass is 10.0. The Balaban J connectivity index is 2.14. The number of hydrogen-bond acceptors (Lipinski definition) is 3. The fourth-order valence-electron chi connectivity index (χ4n) is 2.29. The van der Waals surface area contributed by atoms with Crippen LogP contribution in [0.15, 0.2) is 35.2 Å². The molecule has 0 saturated heterocycles. The van der Waals surface area contributed by atoms with Crippen molar-refractivity contribution in [2.75, 3.05) is 6.54 Å². The molecule has 1 unspecified atom stereocenters. The lowest BCUT2D eigenvalue weighted by molar-refractivity contribution is 0.383. The first-order chi connectivity index (χ1) is 9.26. The van der Waals surface area contributed by atoms with Gasteiger partial charge in [-0.15, -0.1) is 0 Å². The van der Waals surface area contributed by atoms with Gasteiger partial charge in [-0.05, 0) is 24.6 Å². The fourth-order valence-corrected chi connectivity index (χ4v) is 2.29. The van der Waals surface area contributed by atoms with Gasteiger partial charge in [-0.3, -0.25) is 0 Å². The monoisotopic (exact) mass is 261 g/mol. The molecule has 0 aliphatic carbocycles. The molecule has 1 atom stereocenters. The molecule has 104 valence electrons. The average Bonchev–Trinajstić information content (AvgIpc) is 3.07. The lowest BCUT2D eigenvalue weighted by Gasteiger charge is -2.20. The first kappa shape index (κ1) is 13.9. The zero-order valence-corrected chi connectivity index (χ0v) is 12.0. The second kappa shape index (κ2) is 6.57. The highest BCUT2D eigenvalue weighted by molar-refractivity contribution is 5.15. The van der Waals surface area contributed by atoms with Gasteiger partial charge in [-0.1, -0.05) is 26.7 Å². The summed E-state index contributed by atoms with van der Waals surface area (Å²) in [6.07, 6.45) is 7.88. The van der Waals surface area contributed by atoms with Gasteiger partial charge in [-0.25, -0.2) is 4.98 Å². The SMILES string of the molecule is CCC(CC)CNC(c1ccco1)c1nccn1C. The van der Waals surface area contributed by atoms with Crippen LogP contribution in [0, 0.1) is 5.92 Å². The number of nitrogens with zero attached hydrogens (tertiary/aromatic N) is 2. The van der Waals surface area contributed by atoms with E-state index in [4.69, 9.17) is 4.42 Å². The summed E-state index contributed by atoms with van der Waals surface area (Å²) in [6, 6.07) is 3.94. The molecule has 0 amide bonds. The Morgan fingerprint density at radius 2 is 2.16 bits per heavy atom. The summed E-state index contributed by atoms with van der Waals surface area (Å²) < 4.78 is 7.59. The van der Waals surface area contributed by atoms with E-state index in [0.29, 0.717) is 5.92 Å². The largest absolute Gasteiger partial charge is 0.467 e. The Morgan fingerprint density at radius 3 is 2.68 bits per heavy atom. The summed E-state index contributed by atoms with van der Waals surface area (Å²) in [4.78, 5) is 4.44. The Bertz CT molecular complexity index is 471. The van der Waals surface area contributed by atoms with Crippen molar-refractivity contribution in [2.45, 2.75) is 32.7 Å². The Kier molecular flexibility index (Phi) is 4.80. The smallest absolute Gasteiger partial charge is 0.133 e. The molecule has 2 heterocycles. The molecule has 0 saturated carbocycles. The Hall–Kier alpha value is -1.55. The third-order valence-corrected chi connectivity index (χ3v) is 3.71. The highest BCUT2D eigenvalue weighted by Gasteiger charge is 2.21.